The van der Waals surface area contributed by atoms with Crippen LogP contribution in [0.4, 0.5) is 0 Å². The van der Waals surface area contributed by atoms with Crippen molar-refractivity contribution in [1.82, 2.24) is 19.4 Å². The van der Waals surface area contributed by atoms with Gasteiger partial charge in [0, 0.05) is 45.0 Å². The molecule has 2 aromatic heterocycles. The third-order valence-electron chi connectivity index (χ3n) is 4.52. The van der Waals surface area contributed by atoms with E-state index in [1.54, 1.807) is 32.3 Å². The Bertz CT molecular complexity index is 794. The number of aromatic nitrogens is 2. The van der Waals surface area contributed by atoms with Gasteiger partial charge in [0.1, 0.15) is 16.3 Å². The number of nitrogens with zero attached hydrogens (tertiary/aromatic N) is 3. The Balaban J connectivity index is 1.76. The summed E-state index contributed by atoms with van der Waals surface area (Å²) < 4.78 is 38.3. The van der Waals surface area contributed by atoms with Crippen molar-refractivity contribution in [3.8, 4) is 11.5 Å². The van der Waals surface area contributed by atoms with E-state index in [9.17, 15) is 8.42 Å². The molecule has 138 valence electrons. The number of nitrogens with one attached hydrogen (secondary N) is 1. The number of furan rings is 1. The van der Waals surface area contributed by atoms with Gasteiger partial charge in [0.05, 0.1) is 13.2 Å². The Morgan fingerprint density at radius 2 is 2.12 bits per heavy atom. The van der Waals surface area contributed by atoms with Crippen molar-refractivity contribution < 1.29 is 17.6 Å². The number of H-pyrrole nitrogens is 1. The van der Waals surface area contributed by atoms with E-state index in [4.69, 9.17) is 9.15 Å². The van der Waals surface area contributed by atoms with Crippen molar-refractivity contribution in [2.75, 3.05) is 39.9 Å². The van der Waals surface area contributed by atoms with Crippen LogP contribution in [0.25, 0.3) is 11.5 Å². The quantitative estimate of drug-likeness (QED) is 0.827. The summed E-state index contributed by atoms with van der Waals surface area (Å²) in [7, 11) is -2.02. The van der Waals surface area contributed by atoms with E-state index in [0.29, 0.717) is 37.0 Å². The zero-order chi connectivity index (χ0) is 18.0. The number of ether oxygens (including phenoxy) is 1. The van der Waals surface area contributed by atoms with Gasteiger partial charge in [-0.05, 0) is 19.9 Å². The second kappa shape index (κ2) is 7.28. The number of likely N-dealkylation sites (N-methyl/N-ethyl adjacent to an activating group) is 1. The molecular formula is C16H24N4O4S. The van der Waals surface area contributed by atoms with Crippen molar-refractivity contribution in [2.45, 2.75) is 24.8 Å². The second-order valence-corrected chi connectivity index (χ2v) is 8.30. The van der Waals surface area contributed by atoms with Gasteiger partial charge in [-0.25, -0.2) is 8.42 Å². The summed E-state index contributed by atoms with van der Waals surface area (Å²) in [6.45, 7) is 7.13. The number of morpholine rings is 1. The van der Waals surface area contributed by atoms with E-state index < -0.39 is 10.0 Å². The van der Waals surface area contributed by atoms with Gasteiger partial charge < -0.3 is 9.15 Å². The molecule has 0 aliphatic carbocycles. The minimum atomic E-state index is -3.63. The predicted octanol–water partition coefficient (Wildman–Crippen LogP) is 1.32. The zero-order valence-corrected chi connectivity index (χ0v) is 15.5. The van der Waals surface area contributed by atoms with Crippen molar-refractivity contribution in [3.63, 3.8) is 0 Å². The number of aromatic amines is 1. The van der Waals surface area contributed by atoms with Crippen LogP contribution in [0.3, 0.4) is 0 Å². The van der Waals surface area contributed by atoms with Crippen LogP contribution in [0.15, 0.2) is 27.6 Å². The Kier molecular flexibility index (Phi) is 5.28. The van der Waals surface area contributed by atoms with E-state index in [1.807, 2.05) is 6.92 Å². The van der Waals surface area contributed by atoms with Crippen molar-refractivity contribution in [1.29, 1.82) is 0 Å². The molecule has 0 aromatic carbocycles. The molecule has 1 unspecified atom stereocenters. The lowest BCUT2D eigenvalue weighted by Crippen LogP contribution is -2.47. The monoisotopic (exact) mass is 368 g/mol. The van der Waals surface area contributed by atoms with Gasteiger partial charge >= 0.3 is 0 Å². The summed E-state index contributed by atoms with van der Waals surface area (Å²) in [6, 6.07) is 3.40. The average molecular weight is 368 g/mol. The molecule has 1 atom stereocenters. The molecule has 8 nitrogen and oxygen atoms in total. The van der Waals surface area contributed by atoms with Crippen molar-refractivity contribution in [3.05, 3.63) is 24.1 Å². The summed E-state index contributed by atoms with van der Waals surface area (Å²) in [6.07, 6.45) is 1.59. The Hall–Kier alpha value is -1.68. The highest BCUT2D eigenvalue weighted by Crippen LogP contribution is 2.28. The van der Waals surface area contributed by atoms with Crippen LogP contribution in [0.2, 0.25) is 0 Å². The number of rotatable bonds is 6. The van der Waals surface area contributed by atoms with E-state index in [1.165, 1.54) is 4.31 Å². The van der Waals surface area contributed by atoms with Crippen LogP contribution in [-0.4, -0.2) is 73.8 Å². The smallest absolute Gasteiger partial charge is 0.246 e. The molecule has 1 fully saturated rings. The summed E-state index contributed by atoms with van der Waals surface area (Å²) in [5.41, 5.74) is 0.647. The van der Waals surface area contributed by atoms with E-state index in [2.05, 4.69) is 15.1 Å². The van der Waals surface area contributed by atoms with Crippen LogP contribution in [0.1, 0.15) is 12.7 Å². The van der Waals surface area contributed by atoms with Gasteiger partial charge in [-0.1, -0.05) is 0 Å². The van der Waals surface area contributed by atoms with Gasteiger partial charge in [-0.3, -0.25) is 10.00 Å². The largest absolute Gasteiger partial charge is 0.458 e. The van der Waals surface area contributed by atoms with Crippen LogP contribution >= 0.6 is 0 Å². The van der Waals surface area contributed by atoms with Crippen LogP contribution in [0.5, 0.6) is 0 Å². The predicted molar refractivity (Wildman–Crippen MR) is 92.7 cm³/mol. The second-order valence-electron chi connectivity index (χ2n) is 6.28. The summed E-state index contributed by atoms with van der Waals surface area (Å²) in [4.78, 5) is 2.43. The van der Waals surface area contributed by atoms with E-state index >= 15 is 0 Å². The molecule has 9 heteroatoms. The van der Waals surface area contributed by atoms with Gasteiger partial charge in [0.2, 0.25) is 10.0 Å². The molecule has 0 saturated carbocycles. The van der Waals surface area contributed by atoms with Gasteiger partial charge in [0.15, 0.2) is 5.76 Å². The highest BCUT2D eigenvalue weighted by Gasteiger charge is 2.29. The fourth-order valence-corrected chi connectivity index (χ4v) is 4.43. The Morgan fingerprint density at radius 1 is 1.40 bits per heavy atom. The molecule has 1 N–H and O–H groups in total. The van der Waals surface area contributed by atoms with E-state index in [0.717, 1.165) is 13.1 Å². The van der Waals surface area contributed by atoms with Crippen molar-refractivity contribution in [2.24, 2.45) is 0 Å². The minimum absolute atomic E-state index is 0.114. The Morgan fingerprint density at radius 3 is 2.76 bits per heavy atom. The maximum Gasteiger partial charge on any atom is 0.246 e. The summed E-state index contributed by atoms with van der Waals surface area (Å²) >= 11 is 0. The summed E-state index contributed by atoms with van der Waals surface area (Å²) in [5.74, 6) is 0.832. The molecule has 0 bridgehead atoms. The molecular weight excluding hydrogens is 344 g/mol. The fraction of sp³-hybridized carbons (Fsp3) is 0.562. The molecule has 3 heterocycles. The van der Waals surface area contributed by atoms with E-state index in [-0.39, 0.29) is 10.9 Å². The molecule has 0 amide bonds. The first-order valence-corrected chi connectivity index (χ1v) is 9.72. The standard InChI is InChI=1S/C16H24N4O4S/c1-12(20-6-8-23-9-7-20)11-19(3)25(21,22)16-10-15(24-13(16)2)14-4-5-17-18-14/h4-5,10,12H,6-9,11H2,1-3H3,(H,17,18). The lowest BCUT2D eigenvalue weighted by Gasteiger charge is -2.34. The highest BCUT2D eigenvalue weighted by molar-refractivity contribution is 7.89. The molecule has 1 aliphatic heterocycles. The number of hydrogen-bond donors (Lipinski definition) is 1. The molecule has 1 saturated heterocycles. The maximum absolute atomic E-state index is 13.0. The molecule has 1 aliphatic rings. The molecule has 25 heavy (non-hydrogen) atoms. The zero-order valence-electron chi connectivity index (χ0n) is 14.7. The fourth-order valence-electron chi connectivity index (χ4n) is 3.02. The Labute approximate surface area is 147 Å². The first-order valence-electron chi connectivity index (χ1n) is 8.28. The average Bonchev–Trinajstić information content (AvgIpc) is 3.25. The molecule has 2 aromatic rings. The van der Waals surface area contributed by atoms with Crippen LogP contribution < -0.4 is 0 Å². The summed E-state index contributed by atoms with van der Waals surface area (Å²) in [5, 5.41) is 6.64. The van der Waals surface area contributed by atoms with Gasteiger partial charge in [-0.15, -0.1) is 0 Å². The normalized spacial score (nSPS) is 17.9. The molecule has 0 spiro atoms. The first kappa shape index (κ1) is 18.1. The number of hydrogen-bond acceptors (Lipinski definition) is 6. The van der Waals surface area contributed by atoms with Crippen LogP contribution in [-0.2, 0) is 14.8 Å². The minimum Gasteiger partial charge on any atom is -0.458 e. The third kappa shape index (κ3) is 3.79. The highest BCUT2D eigenvalue weighted by atomic mass is 32.2. The third-order valence-corrected chi connectivity index (χ3v) is 6.45. The maximum atomic E-state index is 13.0. The lowest BCUT2D eigenvalue weighted by atomic mass is 10.2. The number of sulfonamides is 1. The SMILES string of the molecule is Cc1oc(-c2ccn[nH]2)cc1S(=O)(=O)N(C)CC(C)N1CCOCC1. The first-order chi connectivity index (χ1) is 11.9. The molecule has 3 rings (SSSR count). The topological polar surface area (TPSA) is 91.7 Å². The van der Waals surface area contributed by atoms with Gasteiger partial charge in [-0.2, -0.15) is 9.40 Å². The van der Waals surface area contributed by atoms with Gasteiger partial charge in [0.25, 0.3) is 0 Å². The van der Waals surface area contributed by atoms with Crippen LogP contribution in [0, 0.1) is 6.92 Å². The molecule has 0 radical (unpaired) electrons. The van der Waals surface area contributed by atoms with Crippen molar-refractivity contribution >= 4 is 10.0 Å². The number of aryl methyl sites for hydroxylation is 1. The lowest BCUT2D eigenvalue weighted by molar-refractivity contribution is 0.0177.